The van der Waals surface area contributed by atoms with Crippen LogP contribution >= 0.6 is 11.6 Å². The van der Waals surface area contributed by atoms with Gasteiger partial charge in [-0.15, -0.1) is 0 Å². The second-order valence-corrected chi connectivity index (χ2v) is 9.10. The van der Waals surface area contributed by atoms with Gasteiger partial charge in [-0.3, -0.25) is 0 Å². The van der Waals surface area contributed by atoms with Crippen molar-refractivity contribution in [1.82, 2.24) is 0 Å². The van der Waals surface area contributed by atoms with Gasteiger partial charge in [0.05, 0.1) is 22.8 Å². The van der Waals surface area contributed by atoms with Gasteiger partial charge >= 0.3 is 0 Å². The van der Waals surface area contributed by atoms with Gasteiger partial charge in [0, 0.05) is 17.5 Å². The first-order valence-corrected chi connectivity index (χ1v) is 10.3. The van der Waals surface area contributed by atoms with Crippen molar-refractivity contribution >= 4 is 21.4 Å². The molecule has 1 fully saturated rings. The molecule has 0 spiro atoms. The fourth-order valence-electron chi connectivity index (χ4n) is 3.49. The molecule has 3 unspecified atom stereocenters. The van der Waals surface area contributed by atoms with Crippen LogP contribution in [0.25, 0.3) is 0 Å². The number of halogens is 1. The molecule has 0 bridgehead atoms. The molecule has 1 saturated carbocycles. The summed E-state index contributed by atoms with van der Waals surface area (Å²) in [6.07, 6.45) is 0. The summed E-state index contributed by atoms with van der Waals surface area (Å²) < 4.78 is 32.0. The van der Waals surface area contributed by atoms with Crippen LogP contribution in [-0.2, 0) is 14.6 Å². The van der Waals surface area contributed by atoms with Gasteiger partial charge in [0.2, 0.25) is 0 Å². The van der Waals surface area contributed by atoms with E-state index in [4.69, 9.17) is 16.3 Å². The lowest BCUT2D eigenvalue weighted by Gasteiger charge is -2.10. The summed E-state index contributed by atoms with van der Waals surface area (Å²) in [6, 6.07) is 16.0. The fourth-order valence-corrected chi connectivity index (χ4v) is 5.92. The number of nitriles is 1. The predicted molar refractivity (Wildman–Crippen MR) is 101 cm³/mol. The van der Waals surface area contributed by atoms with Gasteiger partial charge in [-0.2, -0.15) is 5.26 Å². The third-order valence-corrected chi connectivity index (χ3v) is 7.47. The highest BCUT2D eigenvalue weighted by Gasteiger charge is 2.72. The number of ether oxygens (including phenoxy) is 1. The van der Waals surface area contributed by atoms with E-state index in [-0.39, 0.29) is 11.5 Å². The van der Waals surface area contributed by atoms with E-state index in [0.717, 1.165) is 11.1 Å². The first-order chi connectivity index (χ1) is 12.4. The van der Waals surface area contributed by atoms with Crippen molar-refractivity contribution < 1.29 is 13.2 Å². The Balaban J connectivity index is 2.05. The quantitative estimate of drug-likeness (QED) is 0.744. The standard InChI is InChI=1S/C20H20ClNO3S/c1-3-25-13-20(12-22)18(15-6-8-16(21)9-7-15)19(20)26(23,24)17-10-4-14(2)5-11-17/h4-11,18-19H,3,13H2,1-2H3. The molecule has 0 aliphatic heterocycles. The Morgan fingerprint density at radius 2 is 1.77 bits per heavy atom. The van der Waals surface area contributed by atoms with Crippen molar-refractivity contribution in [2.24, 2.45) is 5.41 Å². The van der Waals surface area contributed by atoms with E-state index in [1.54, 1.807) is 48.5 Å². The topological polar surface area (TPSA) is 67.2 Å². The van der Waals surface area contributed by atoms with Crippen LogP contribution in [-0.4, -0.2) is 26.9 Å². The maximum atomic E-state index is 13.3. The molecule has 2 aromatic rings. The Morgan fingerprint density at radius 3 is 2.31 bits per heavy atom. The zero-order valence-electron chi connectivity index (χ0n) is 14.6. The Morgan fingerprint density at radius 1 is 1.15 bits per heavy atom. The van der Waals surface area contributed by atoms with Crippen LogP contribution in [0.5, 0.6) is 0 Å². The van der Waals surface area contributed by atoms with Crippen LogP contribution in [0.1, 0.15) is 24.0 Å². The molecular formula is C20H20ClNO3S. The Kier molecular flexibility index (Phi) is 5.12. The maximum absolute atomic E-state index is 13.3. The number of hydrogen-bond donors (Lipinski definition) is 0. The molecule has 0 amide bonds. The largest absolute Gasteiger partial charge is 0.380 e. The number of rotatable bonds is 6. The van der Waals surface area contributed by atoms with Gasteiger partial charge in [0.15, 0.2) is 9.84 Å². The highest BCUT2D eigenvalue weighted by atomic mass is 35.5. The molecule has 136 valence electrons. The number of benzene rings is 2. The highest BCUT2D eigenvalue weighted by molar-refractivity contribution is 7.92. The summed E-state index contributed by atoms with van der Waals surface area (Å²) in [5.41, 5.74) is 0.680. The molecule has 3 rings (SSSR count). The third kappa shape index (κ3) is 3.14. The second kappa shape index (κ2) is 7.03. The van der Waals surface area contributed by atoms with E-state index in [9.17, 15) is 13.7 Å². The van der Waals surface area contributed by atoms with Crippen LogP contribution < -0.4 is 0 Å². The third-order valence-electron chi connectivity index (χ3n) is 4.92. The number of nitrogens with zero attached hydrogens (tertiary/aromatic N) is 1. The SMILES string of the molecule is CCOCC1(C#N)C(c2ccc(Cl)cc2)C1S(=O)(=O)c1ccc(C)cc1. The lowest BCUT2D eigenvalue weighted by atomic mass is 10.0. The van der Waals surface area contributed by atoms with Crippen molar-refractivity contribution in [3.63, 3.8) is 0 Å². The summed E-state index contributed by atoms with van der Waals surface area (Å²) in [5.74, 6) is -0.442. The first kappa shape index (κ1) is 18.9. The Bertz CT molecular complexity index is 933. The zero-order chi connectivity index (χ0) is 18.9. The normalized spacial score (nSPS) is 24.8. The van der Waals surface area contributed by atoms with Gasteiger partial charge in [-0.25, -0.2) is 8.42 Å². The average Bonchev–Trinajstić information content (AvgIpc) is 3.31. The molecular weight excluding hydrogens is 370 g/mol. The molecule has 0 heterocycles. The van der Waals surface area contributed by atoms with Crippen molar-refractivity contribution in [1.29, 1.82) is 5.26 Å². The van der Waals surface area contributed by atoms with Crippen molar-refractivity contribution in [3.8, 4) is 6.07 Å². The van der Waals surface area contributed by atoms with E-state index in [1.165, 1.54) is 0 Å². The van der Waals surface area contributed by atoms with E-state index < -0.39 is 26.4 Å². The van der Waals surface area contributed by atoms with Gasteiger partial charge in [0.25, 0.3) is 0 Å². The molecule has 0 N–H and O–H groups in total. The van der Waals surface area contributed by atoms with Crippen molar-refractivity contribution in [2.45, 2.75) is 29.9 Å². The van der Waals surface area contributed by atoms with Crippen LogP contribution in [0, 0.1) is 23.7 Å². The molecule has 0 aromatic heterocycles. The van der Waals surface area contributed by atoms with Crippen LogP contribution in [0.3, 0.4) is 0 Å². The van der Waals surface area contributed by atoms with E-state index in [0.29, 0.717) is 11.6 Å². The molecule has 4 nitrogen and oxygen atoms in total. The lowest BCUT2D eigenvalue weighted by molar-refractivity contribution is 0.117. The highest BCUT2D eigenvalue weighted by Crippen LogP contribution is 2.64. The lowest BCUT2D eigenvalue weighted by Crippen LogP contribution is -2.19. The summed E-state index contributed by atoms with van der Waals surface area (Å²) >= 11 is 5.95. The molecule has 26 heavy (non-hydrogen) atoms. The van der Waals surface area contributed by atoms with Crippen molar-refractivity contribution in [2.75, 3.05) is 13.2 Å². The van der Waals surface area contributed by atoms with Crippen LogP contribution in [0.4, 0.5) is 0 Å². The molecule has 1 aliphatic rings. The van der Waals surface area contributed by atoms with Crippen LogP contribution in [0.15, 0.2) is 53.4 Å². The number of hydrogen-bond acceptors (Lipinski definition) is 4. The summed E-state index contributed by atoms with van der Waals surface area (Å²) in [7, 11) is -3.68. The minimum Gasteiger partial charge on any atom is -0.380 e. The van der Waals surface area contributed by atoms with Gasteiger partial charge in [0.1, 0.15) is 5.41 Å². The minimum atomic E-state index is -3.68. The summed E-state index contributed by atoms with van der Waals surface area (Å²) in [5, 5.41) is 9.61. The average molecular weight is 390 g/mol. The van der Waals surface area contributed by atoms with E-state index in [1.807, 2.05) is 13.8 Å². The number of sulfone groups is 1. The number of aryl methyl sites for hydroxylation is 1. The van der Waals surface area contributed by atoms with Gasteiger partial charge in [-0.1, -0.05) is 41.4 Å². The van der Waals surface area contributed by atoms with Gasteiger partial charge in [-0.05, 0) is 43.7 Å². The predicted octanol–water partition coefficient (Wildman–Crippen LogP) is 4.13. The van der Waals surface area contributed by atoms with Crippen LogP contribution in [0.2, 0.25) is 5.02 Å². The molecule has 2 aromatic carbocycles. The Labute approximate surface area is 159 Å². The maximum Gasteiger partial charge on any atom is 0.183 e. The molecule has 0 radical (unpaired) electrons. The Hall–Kier alpha value is -1.87. The second-order valence-electron chi connectivity index (χ2n) is 6.60. The first-order valence-electron chi connectivity index (χ1n) is 8.42. The smallest absolute Gasteiger partial charge is 0.183 e. The molecule has 3 atom stereocenters. The zero-order valence-corrected chi connectivity index (χ0v) is 16.2. The molecule has 6 heteroatoms. The molecule has 0 saturated heterocycles. The summed E-state index contributed by atoms with van der Waals surface area (Å²) in [6.45, 7) is 4.24. The van der Waals surface area contributed by atoms with Gasteiger partial charge < -0.3 is 4.74 Å². The fraction of sp³-hybridized carbons (Fsp3) is 0.350. The van der Waals surface area contributed by atoms with E-state index in [2.05, 4.69) is 6.07 Å². The van der Waals surface area contributed by atoms with Crippen molar-refractivity contribution in [3.05, 3.63) is 64.7 Å². The summed E-state index contributed by atoms with van der Waals surface area (Å²) in [4.78, 5) is 0.237. The molecule has 1 aliphatic carbocycles. The monoisotopic (exact) mass is 389 g/mol. The van der Waals surface area contributed by atoms with E-state index >= 15 is 0 Å². The minimum absolute atomic E-state index is 0.0864.